The molecule has 27 rings (SSSR count). The van der Waals surface area contributed by atoms with Gasteiger partial charge in [0.2, 0.25) is 0 Å². The maximum Gasteiger partial charge on any atom is -0.00199 e. The first kappa shape index (κ1) is 83.6. The first-order valence-corrected chi connectivity index (χ1v) is 48.5. The van der Waals surface area contributed by atoms with Crippen molar-refractivity contribution in [2.75, 3.05) is 0 Å². The van der Waals surface area contributed by atoms with E-state index in [1.807, 2.05) is 0 Å². The monoisotopic (exact) mass is 1770 g/mol. The molecule has 0 atom stereocenters. The Bertz CT molecular complexity index is 9440. The predicted octanol–water partition coefficient (Wildman–Crippen LogP) is 39.4. The molecule has 0 saturated carbocycles. The average molecular weight is 1770 g/mol. The minimum atomic E-state index is 1.21. The van der Waals surface area contributed by atoms with Gasteiger partial charge in [0.1, 0.15) is 0 Å². The third kappa shape index (κ3) is 15.6. The van der Waals surface area contributed by atoms with Crippen molar-refractivity contribution in [3.63, 3.8) is 0 Å². The van der Waals surface area contributed by atoms with Gasteiger partial charge < -0.3 is 0 Å². The third-order valence-electron chi connectivity index (χ3n) is 28.5. The maximum absolute atomic E-state index is 2.43. The number of fused-ring (bicyclic) bond motifs is 11. The van der Waals surface area contributed by atoms with Crippen molar-refractivity contribution < 1.29 is 0 Å². The Morgan fingerprint density at radius 3 is 0.600 bits per heavy atom. The molecule has 0 amide bonds. The van der Waals surface area contributed by atoms with E-state index in [9.17, 15) is 0 Å². The van der Waals surface area contributed by atoms with Crippen molar-refractivity contribution in [1.29, 1.82) is 0 Å². The summed E-state index contributed by atoms with van der Waals surface area (Å²) in [5, 5.41) is 27.8. The van der Waals surface area contributed by atoms with Gasteiger partial charge in [-0.1, -0.05) is 510 Å². The SMILES string of the molecule is c1ccc(-c2ccc(-c3c4ccccc4c(-c4cccc5ccccc45)c4ccc(-c5cccc(-c6ccccc6)c5)cc34)cc2)cc1.c1ccc(-c2cccc(-c3ccc4c(-c5ccc6ccccc6c5)c5ccccc5c(-c5ccc6ccccc6c5)c4c3)c2)cc1.c1ccc(-c2cccc(-c3ccc4c(-c5cccc6ccccc56)c5ccccc5c(-c5cccc6ccccc56)c4c3)c2)cc1. The predicted molar refractivity (Wildman–Crippen MR) is 603 cm³/mol. The van der Waals surface area contributed by atoms with Gasteiger partial charge in [0.05, 0.1) is 0 Å². The largest absolute Gasteiger partial charge is 0.0622 e. The highest BCUT2D eigenvalue weighted by Gasteiger charge is 2.25. The van der Waals surface area contributed by atoms with Gasteiger partial charge in [0.15, 0.2) is 0 Å². The standard InChI is InChI=1S/C48H32.2C46H30/c1-3-13-33(14-4-1)35-25-27-37(28-26-35)47-43-22-9-10-23-44(43)48(42-24-12-18-36-17-7-8-21-41(36)42)45-30-29-40(32-46(45)47)39-20-11-19-38(31-39)34-15-5-2-6-16-34;1-2-13-31(14-3-1)34-19-10-20-35(29-34)36-27-28-43-44(30-36)46(40-26-12-18-33-16-5-7-22-38(33)40)42-24-9-8-23-41(42)45(43)39-25-11-17-32-15-4-6-21-37(32)39;1-2-11-31(12-3-1)36-17-10-18-37(27-36)38-25-26-43-44(30-38)46(40-24-22-33-14-5-7-16-35(33)29-40)42-20-9-8-19-41(42)45(43)39-23-21-32-13-4-6-15-34(32)28-39/h1-32H;2*1-30H. The van der Waals surface area contributed by atoms with Crippen LogP contribution >= 0.6 is 0 Å². The van der Waals surface area contributed by atoms with E-state index in [2.05, 4.69) is 558 Å². The molecular formula is C140H92. The summed E-state index contributed by atoms with van der Waals surface area (Å²) in [4.78, 5) is 0. The Balaban J connectivity index is 0.000000111. The quantitative estimate of drug-likeness (QED) is 0.101. The Labute approximate surface area is 815 Å². The maximum atomic E-state index is 2.43. The van der Waals surface area contributed by atoms with Gasteiger partial charge >= 0.3 is 0 Å². The zero-order valence-corrected chi connectivity index (χ0v) is 77.1. The Morgan fingerprint density at radius 2 is 0.257 bits per heavy atom. The van der Waals surface area contributed by atoms with E-state index in [0.717, 1.165) is 0 Å². The normalized spacial score (nSPS) is 11.4. The smallest absolute Gasteiger partial charge is 0.00199 e. The van der Waals surface area contributed by atoms with Crippen LogP contribution in [0.1, 0.15) is 0 Å². The van der Waals surface area contributed by atoms with Crippen LogP contribution in [-0.4, -0.2) is 0 Å². The third-order valence-corrected chi connectivity index (χ3v) is 28.5. The summed E-state index contributed by atoms with van der Waals surface area (Å²) in [7, 11) is 0. The lowest BCUT2D eigenvalue weighted by molar-refractivity contribution is 1.59. The Morgan fingerprint density at radius 1 is 0.0714 bits per heavy atom. The van der Waals surface area contributed by atoms with Gasteiger partial charge in [-0.05, 0) is 312 Å². The molecule has 0 heterocycles. The van der Waals surface area contributed by atoms with Crippen LogP contribution < -0.4 is 0 Å². The van der Waals surface area contributed by atoms with E-state index in [0.29, 0.717) is 0 Å². The van der Waals surface area contributed by atoms with E-state index in [4.69, 9.17) is 0 Å². The van der Waals surface area contributed by atoms with Crippen molar-refractivity contribution in [2.24, 2.45) is 0 Å². The van der Waals surface area contributed by atoms with Gasteiger partial charge in [0, 0.05) is 0 Å². The van der Waals surface area contributed by atoms with E-state index >= 15 is 0 Å². The average Bonchev–Trinajstić information content (AvgIpc) is 0.454. The lowest BCUT2D eigenvalue weighted by Gasteiger charge is -2.20. The van der Waals surface area contributed by atoms with Crippen molar-refractivity contribution >= 4 is 118 Å². The molecule has 0 aliphatic carbocycles. The summed E-state index contributed by atoms with van der Waals surface area (Å²) in [6.07, 6.45) is 0. The molecule has 0 bridgehead atoms. The molecule has 27 aromatic carbocycles. The summed E-state index contributed by atoms with van der Waals surface area (Å²) >= 11 is 0. The van der Waals surface area contributed by atoms with Crippen molar-refractivity contribution in [2.45, 2.75) is 0 Å². The van der Waals surface area contributed by atoms with Crippen molar-refractivity contribution in [1.82, 2.24) is 0 Å². The molecule has 0 aromatic heterocycles. The van der Waals surface area contributed by atoms with Gasteiger partial charge in [-0.25, -0.2) is 0 Å². The highest BCUT2D eigenvalue weighted by molar-refractivity contribution is 6.28. The van der Waals surface area contributed by atoms with Crippen molar-refractivity contribution in [3.05, 3.63) is 558 Å². The van der Waals surface area contributed by atoms with E-state index in [-0.39, 0.29) is 0 Å². The Kier molecular flexibility index (Phi) is 21.8. The molecule has 0 spiro atoms. The number of hydrogen-bond donors (Lipinski definition) is 0. The topological polar surface area (TPSA) is 0 Å². The summed E-state index contributed by atoms with van der Waals surface area (Å²) < 4.78 is 0. The summed E-state index contributed by atoms with van der Waals surface area (Å²) in [6, 6.07) is 204. The van der Waals surface area contributed by atoms with Crippen LogP contribution in [0.4, 0.5) is 0 Å². The van der Waals surface area contributed by atoms with Crippen molar-refractivity contribution in [3.8, 4) is 145 Å². The van der Waals surface area contributed by atoms with Gasteiger partial charge in [-0.2, -0.15) is 0 Å². The molecule has 0 heteroatoms. The lowest BCUT2D eigenvalue weighted by atomic mass is 9.83. The lowest BCUT2D eigenvalue weighted by Crippen LogP contribution is -1.93. The first-order chi connectivity index (χ1) is 69.4. The summed E-state index contributed by atoms with van der Waals surface area (Å²) in [5.74, 6) is 0. The van der Waals surface area contributed by atoms with Crippen LogP contribution in [0.3, 0.4) is 0 Å². The van der Waals surface area contributed by atoms with E-state index in [1.54, 1.807) is 0 Å². The van der Waals surface area contributed by atoms with Crippen LogP contribution in [0.5, 0.6) is 0 Å². The fraction of sp³-hybridized carbons (Fsp3) is 0. The van der Waals surface area contributed by atoms with E-state index in [1.165, 1.54) is 263 Å². The molecule has 652 valence electrons. The fourth-order valence-corrected chi connectivity index (χ4v) is 21.9. The minimum Gasteiger partial charge on any atom is -0.0622 e. The molecule has 0 aliphatic heterocycles. The molecule has 0 radical (unpaired) electrons. The highest BCUT2D eigenvalue weighted by Crippen LogP contribution is 2.52. The molecular weight excluding hydrogens is 1680 g/mol. The van der Waals surface area contributed by atoms with Crippen LogP contribution in [-0.2, 0) is 0 Å². The zero-order valence-electron chi connectivity index (χ0n) is 77.1. The molecule has 0 unspecified atom stereocenters. The molecule has 0 aliphatic rings. The number of hydrogen-bond acceptors (Lipinski definition) is 0. The molecule has 27 aromatic rings. The van der Waals surface area contributed by atoms with Gasteiger partial charge in [-0.3, -0.25) is 0 Å². The van der Waals surface area contributed by atoms with Crippen LogP contribution in [0.2, 0.25) is 0 Å². The first-order valence-electron chi connectivity index (χ1n) is 48.5. The van der Waals surface area contributed by atoms with Gasteiger partial charge in [0.25, 0.3) is 0 Å². The van der Waals surface area contributed by atoms with E-state index < -0.39 is 0 Å². The summed E-state index contributed by atoms with van der Waals surface area (Å²) in [5.41, 5.74) is 32.3. The summed E-state index contributed by atoms with van der Waals surface area (Å²) in [6.45, 7) is 0. The zero-order chi connectivity index (χ0) is 92.8. The van der Waals surface area contributed by atoms with Crippen LogP contribution in [0.25, 0.3) is 263 Å². The second-order valence-electron chi connectivity index (χ2n) is 36.7. The molecule has 0 nitrogen and oxygen atoms in total. The number of rotatable bonds is 13. The molecule has 0 fully saturated rings. The fourth-order valence-electron chi connectivity index (χ4n) is 21.9. The molecule has 140 heavy (non-hydrogen) atoms. The van der Waals surface area contributed by atoms with Crippen LogP contribution in [0, 0.1) is 0 Å². The number of benzene rings is 27. The highest BCUT2D eigenvalue weighted by atomic mass is 14.3. The Hall–Kier alpha value is -18.2. The molecule has 0 saturated heterocycles. The van der Waals surface area contributed by atoms with Gasteiger partial charge in [-0.15, -0.1) is 0 Å². The minimum absolute atomic E-state index is 1.21. The molecule has 0 N–H and O–H groups in total. The van der Waals surface area contributed by atoms with Crippen LogP contribution in [0.15, 0.2) is 558 Å². The second-order valence-corrected chi connectivity index (χ2v) is 36.7. The second kappa shape index (κ2) is 36.5.